The molecule has 2 aromatic carbocycles. The van der Waals surface area contributed by atoms with Crippen molar-refractivity contribution < 1.29 is 9.47 Å². The van der Waals surface area contributed by atoms with Crippen LogP contribution in [0.4, 0.5) is 0 Å². The van der Waals surface area contributed by atoms with E-state index in [9.17, 15) is 5.26 Å². The number of rotatable bonds is 6. The van der Waals surface area contributed by atoms with Crippen LogP contribution >= 0.6 is 27.5 Å². The first-order valence-electron chi connectivity index (χ1n) is 8.11. The van der Waals surface area contributed by atoms with E-state index in [1.54, 1.807) is 30.3 Å². The van der Waals surface area contributed by atoms with E-state index in [0.29, 0.717) is 26.6 Å². The van der Waals surface area contributed by atoms with E-state index in [0.717, 1.165) is 5.56 Å². The molecule has 0 amide bonds. The summed E-state index contributed by atoms with van der Waals surface area (Å²) in [5.41, 5.74) is 6.62. The zero-order chi connectivity index (χ0) is 21.4. The first-order chi connectivity index (χ1) is 13.9. The molecule has 0 heterocycles. The Morgan fingerprint density at radius 3 is 2.45 bits per heavy atom. The summed E-state index contributed by atoms with van der Waals surface area (Å²) in [5, 5.41) is 27.8. The van der Waals surface area contributed by atoms with E-state index in [2.05, 4.69) is 15.9 Å². The molecule has 2 rings (SSSR count). The van der Waals surface area contributed by atoms with Crippen molar-refractivity contribution >= 4 is 33.6 Å². The van der Waals surface area contributed by atoms with Crippen LogP contribution < -0.4 is 15.2 Å². The van der Waals surface area contributed by atoms with Crippen molar-refractivity contribution in [2.45, 2.75) is 6.61 Å². The maximum absolute atomic E-state index is 9.35. The van der Waals surface area contributed by atoms with Crippen molar-refractivity contribution in [3.63, 3.8) is 0 Å². The van der Waals surface area contributed by atoms with Gasteiger partial charge in [0.25, 0.3) is 0 Å². The summed E-state index contributed by atoms with van der Waals surface area (Å²) in [4.78, 5) is 0. The van der Waals surface area contributed by atoms with Gasteiger partial charge in [0.2, 0.25) is 0 Å². The third-order valence-corrected chi connectivity index (χ3v) is 4.75. The Balaban J connectivity index is 2.41. The van der Waals surface area contributed by atoms with Crippen LogP contribution in [-0.2, 0) is 6.61 Å². The Morgan fingerprint density at radius 1 is 1.17 bits per heavy atom. The quantitative estimate of drug-likeness (QED) is 0.477. The highest BCUT2D eigenvalue weighted by molar-refractivity contribution is 9.10. The number of methoxy groups -OCH3 is 1. The first-order valence-corrected chi connectivity index (χ1v) is 9.28. The average molecular weight is 470 g/mol. The molecule has 0 saturated heterocycles. The normalized spacial score (nSPS) is 10.3. The van der Waals surface area contributed by atoms with Gasteiger partial charge in [0.1, 0.15) is 24.8 Å². The molecule has 2 aromatic rings. The number of nitriles is 3. The monoisotopic (exact) mass is 468 g/mol. The van der Waals surface area contributed by atoms with Crippen LogP contribution in [0.3, 0.4) is 0 Å². The smallest absolute Gasteiger partial charge is 0.175 e. The number of allylic oxidation sites excluding steroid dienone is 2. The average Bonchev–Trinajstić information content (AvgIpc) is 2.72. The van der Waals surface area contributed by atoms with Gasteiger partial charge in [0, 0.05) is 10.6 Å². The Bertz CT molecular complexity index is 1100. The minimum Gasteiger partial charge on any atom is -0.493 e. The van der Waals surface area contributed by atoms with Crippen LogP contribution in [0.15, 0.2) is 57.7 Å². The lowest BCUT2D eigenvalue weighted by Gasteiger charge is -2.14. The van der Waals surface area contributed by atoms with Gasteiger partial charge in [0.15, 0.2) is 17.1 Å². The third kappa shape index (κ3) is 5.30. The highest BCUT2D eigenvalue weighted by Gasteiger charge is 2.14. The fraction of sp³-hybridized carbons (Fsp3) is 0.0952. The van der Waals surface area contributed by atoms with Crippen LogP contribution in [0.2, 0.25) is 5.02 Å². The molecule has 0 spiro atoms. The van der Waals surface area contributed by atoms with E-state index >= 15 is 0 Å². The largest absolute Gasteiger partial charge is 0.493 e. The Hall–Kier alpha value is -3.44. The second kappa shape index (κ2) is 10.2. The summed E-state index contributed by atoms with van der Waals surface area (Å²) in [7, 11) is 1.49. The van der Waals surface area contributed by atoms with Crippen LogP contribution in [0.5, 0.6) is 11.5 Å². The zero-order valence-electron chi connectivity index (χ0n) is 15.2. The highest BCUT2D eigenvalue weighted by Crippen LogP contribution is 2.38. The fourth-order valence-electron chi connectivity index (χ4n) is 2.35. The van der Waals surface area contributed by atoms with Gasteiger partial charge in [-0.25, -0.2) is 0 Å². The summed E-state index contributed by atoms with van der Waals surface area (Å²) in [6.07, 6.45) is 1.45. The van der Waals surface area contributed by atoms with Crippen LogP contribution in [-0.4, -0.2) is 7.11 Å². The van der Waals surface area contributed by atoms with Gasteiger partial charge in [-0.15, -0.1) is 0 Å². The lowest BCUT2D eigenvalue weighted by Crippen LogP contribution is -2.03. The highest BCUT2D eigenvalue weighted by atomic mass is 79.9. The van der Waals surface area contributed by atoms with Gasteiger partial charge in [-0.3, -0.25) is 0 Å². The van der Waals surface area contributed by atoms with Crippen molar-refractivity contribution in [1.29, 1.82) is 15.8 Å². The summed E-state index contributed by atoms with van der Waals surface area (Å²) in [6.45, 7) is 0.233. The molecule has 0 bridgehead atoms. The maximum Gasteiger partial charge on any atom is 0.175 e. The Labute approximate surface area is 181 Å². The summed E-state index contributed by atoms with van der Waals surface area (Å²) in [5.74, 6) is 0.875. The second-order valence-corrected chi connectivity index (χ2v) is 6.86. The van der Waals surface area contributed by atoms with Crippen molar-refractivity contribution in [3.8, 4) is 29.7 Å². The lowest BCUT2D eigenvalue weighted by atomic mass is 10.1. The fourth-order valence-corrected chi connectivity index (χ4v) is 3.11. The molecule has 8 heteroatoms. The minimum atomic E-state index is -0.330. The van der Waals surface area contributed by atoms with Gasteiger partial charge < -0.3 is 15.2 Å². The van der Waals surface area contributed by atoms with E-state index < -0.39 is 0 Å². The number of ether oxygens (including phenoxy) is 2. The van der Waals surface area contributed by atoms with Crippen molar-refractivity contribution in [3.05, 3.63) is 73.9 Å². The molecule has 0 unspecified atom stereocenters. The summed E-state index contributed by atoms with van der Waals surface area (Å²) < 4.78 is 11.9. The predicted molar refractivity (Wildman–Crippen MR) is 113 cm³/mol. The van der Waals surface area contributed by atoms with Crippen LogP contribution in [0.1, 0.15) is 11.1 Å². The molecular weight excluding hydrogens is 456 g/mol. The van der Waals surface area contributed by atoms with Gasteiger partial charge >= 0.3 is 0 Å². The lowest BCUT2D eigenvalue weighted by molar-refractivity contribution is 0.282. The predicted octanol–water partition coefficient (Wildman–Crippen LogP) is 4.86. The van der Waals surface area contributed by atoms with Crippen molar-refractivity contribution in [2.24, 2.45) is 5.73 Å². The molecule has 0 fully saturated rings. The molecule has 2 N–H and O–H groups in total. The first kappa shape index (κ1) is 21.9. The molecule has 6 nitrogen and oxygen atoms in total. The molecule has 0 aromatic heterocycles. The molecule has 144 valence electrons. The number of hydrogen-bond acceptors (Lipinski definition) is 6. The standard InChI is InChI=1S/C21H14BrClN4O2/c1-28-19-8-13(6-15(9-24)20(27)16(10-25)11-26)7-17(22)21(19)29-12-14-4-2-3-5-18(14)23/h2-8H,12,27H2,1H3/b15-6+. The van der Waals surface area contributed by atoms with Crippen molar-refractivity contribution in [1.82, 2.24) is 0 Å². The third-order valence-electron chi connectivity index (χ3n) is 3.80. The van der Waals surface area contributed by atoms with Gasteiger partial charge in [-0.1, -0.05) is 29.8 Å². The van der Waals surface area contributed by atoms with Gasteiger partial charge in [-0.05, 0) is 45.8 Å². The number of nitrogens with zero attached hydrogens (tertiary/aromatic N) is 3. The van der Waals surface area contributed by atoms with E-state index in [-0.39, 0.29) is 23.5 Å². The molecule has 0 atom stereocenters. The zero-order valence-corrected chi connectivity index (χ0v) is 17.6. The van der Waals surface area contributed by atoms with E-state index in [1.807, 2.05) is 24.3 Å². The number of halogens is 2. The molecule has 29 heavy (non-hydrogen) atoms. The van der Waals surface area contributed by atoms with Crippen molar-refractivity contribution in [2.75, 3.05) is 7.11 Å². The topological polar surface area (TPSA) is 116 Å². The second-order valence-electron chi connectivity index (χ2n) is 5.60. The molecular formula is C21H14BrClN4O2. The molecule has 0 aliphatic rings. The molecule has 0 radical (unpaired) electrons. The number of benzene rings is 2. The van der Waals surface area contributed by atoms with Crippen LogP contribution in [0, 0.1) is 34.0 Å². The van der Waals surface area contributed by atoms with Crippen LogP contribution in [0.25, 0.3) is 6.08 Å². The summed E-state index contributed by atoms with van der Waals surface area (Å²) >= 11 is 9.60. The molecule has 0 saturated carbocycles. The van der Waals surface area contributed by atoms with E-state index in [4.69, 9.17) is 37.3 Å². The molecule has 0 aliphatic heterocycles. The Kier molecular flexibility index (Phi) is 7.69. The van der Waals surface area contributed by atoms with Gasteiger partial charge in [-0.2, -0.15) is 15.8 Å². The SMILES string of the molecule is COc1cc(/C=C(\C#N)C(N)=C(C#N)C#N)cc(Br)c1OCc1ccccc1Cl. The summed E-state index contributed by atoms with van der Waals surface area (Å²) in [6, 6.07) is 15.9. The Morgan fingerprint density at radius 2 is 1.86 bits per heavy atom. The number of nitrogens with two attached hydrogens (primary N) is 1. The van der Waals surface area contributed by atoms with Gasteiger partial charge in [0.05, 0.1) is 22.9 Å². The number of hydrogen-bond donors (Lipinski definition) is 1. The van der Waals surface area contributed by atoms with E-state index in [1.165, 1.54) is 13.2 Å². The molecule has 0 aliphatic carbocycles. The minimum absolute atomic E-state index is 0.0122. The maximum atomic E-state index is 9.35.